The van der Waals surface area contributed by atoms with Crippen LogP contribution in [0.1, 0.15) is 17.2 Å². The van der Waals surface area contributed by atoms with Crippen molar-refractivity contribution in [2.45, 2.75) is 12.5 Å². The van der Waals surface area contributed by atoms with Crippen molar-refractivity contribution in [3.8, 4) is 17.2 Å². The van der Waals surface area contributed by atoms with Crippen molar-refractivity contribution in [2.24, 2.45) is 0 Å². The van der Waals surface area contributed by atoms with Crippen molar-refractivity contribution in [1.82, 2.24) is 4.72 Å². The Balaban J connectivity index is 1.91. The maximum Gasteiger partial charge on any atom is 0.212 e. The van der Waals surface area contributed by atoms with E-state index in [1.807, 2.05) is 12.1 Å². The first kappa shape index (κ1) is 21.0. The lowest BCUT2D eigenvalue weighted by molar-refractivity contribution is 0.181. The van der Waals surface area contributed by atoms with E-state index in [1.54, 1.807) is 37.4 Å². The molecule has 0 aliphatic rings. The quantitative estimate of drug-likeness (QED) is 0.638. The van der Waals surface area contributed by atoms with E-state index in [2.05, 4.69) is 4.72 Å². The van der Waals surface area contributed by atoms with Gasteiger partial charge in [0.1, 0.15) is 5.75 Å². The van der Waals surface area contributed by atoms with Gasteiger partial charge in [-0.15, -0.1) is 0 Å². The summed E-state index contributed by atoms with van der Waals surface area (Å²) in [7, 11) is 1.07. The molecule has 0 aromatic heterocycles. The molecule has 2 aromatic carbocycles. The van der Waals surface area contributed by atoms with Gasteiger partial charge in [0, 0.05) is 6.54 Å². The Morgan fingerprint density at radius 2 is 1.63 bits per heavy atom. The van der Waals surface area contributed by atoms with Crippen LogP contribution in [-0.4, -0.2) is 47.2 Å². The van der Waals surface area contributed by atoms with Gasteiger partial charge in [-0.05, 0) is 41.8 Å². The number of methoxy groups -OCH3 is 3. The summed E-state index contributed by atoms with van der Waals surface area (Å²) in [5.74, 6) is 1.65. The second kappa shape index (κ2) is 9.59. The maximum absolute atomic E-state index is 12.2. The molecule has 2 N–H and O–H groups in total. The fraction of sp³-hybridized carbons (Fsp3) is 0.368. The van der Waals surface area contributed by atoms with E-state index in [9.17, 15) is 13.5 Å². The molecule has 0 bridgehead atoms. The van der Waals surface area contributed by atoms with E-state index in [0.717, 1.165) is 11.3 Å². The number of hydrogen-bond acceptors (Lipinski definition) is 6. The molecule has 2 aromatic rings. The Kier molecular flexibility index (Phi) is 7.46. The van der Waals surface area contributed by atoms with Crippen LogP contribution in [0.3, 0.4) is 0 Å². The molecule has 0 spiro atoms. The molecule has 148 valence electrons. The van der Waals surface area contributed by atoms with Crippen LogP contribution in [0.25, 0.3) is 0 Å². The van der Waals surface area contributed by atoms with Crippen LogP contribution in [0.4, 0.5) is 0 Å². The molecule has 0 heterocycles. The van der Waals surface area contributed by atoms with Crippen molar-refractivity contribution < 1.29 is 27.7 Å². The van der Waals surface area contributed by atoms with Gasteiger partial charge in [0.15, 0.2) is 11.5 Å². The third kappa shape index (κ3) is 6.13. The number of aliphatic hydroxyl groups excluding tert-OH is 1. The molecular weight excluding hydrogens is 370 g/mol. The minimum atomic E-state index is -3.52. The van der Waals surface area contributed by atoms with Crippen molar-refractivity contribution in [2.75, 3.05) is 33.6 Å². The third-order valence-corrected chi connectivity index (χ3v) is 5.46. The molecule has 0 saturated heterocycles. The fourth-order valence-electron chi connectivity index (χ4n) is 2.50. The molecule has 0 radical (unpaired) electrons. The Bertz CT molecular complexity index is 836. The first-order valence-corrected chi connectivity index (χ1v) is 10.0. The van der Waals surface area contributed by atoms with Gasteiger partial charge in [0.25, 0.3) is 0 Å². The number of aliphatic hydroxyl groups is 1. The molecule has 0 fully saturated rings. The van der Waals surface area contributed by atoms with Gasteiger partial charge in [0.2, 0.25) is 10.0 Å². The molecule has 0 saturated carbocycles. The highest BCUT2D eigenvalue weighted by molar-refractivity contribution is 7.89. The summed E-state index contributed by atoms with van der Waals surface area (Å²) in [6, 6.07) is 12.2. The van der Waals surface area contributed by atoms with E-state index in [-0.39, 0.29) is 12.3 Å². The number of benzene rings is 2. The summed E-state index contributed by atoms with van der Waals surface area (Å²) < 4.78 is 42.2. The first-order valence-electron chi connectivity index (χ1n) is 8.38. The van der Waals surface area contributed by atoms with Gasteiger partial charge in [-0.2, -0.15) is 0 Å². The normalized spacial score (nSPS) is 12.4. The van der Waals surface area contributed by atoms with Crippen LogP contribution < -0.4 is 18.9 Å². The third-order valence-electron chi connectivity index (χ3n) is 4.11. The van der Waals surface area contributed by atoms with Gasteiger partial charge < -0.3 is 19.3 Å². The van der Waals surface area contributed by atoms with Crippen molar-refractivity contribution in [3.63, 3.8) is 0 Å². The Labute approximate surface area is 159 Å². The Morgan fingerprint density at radius 1 is 0.963 bits per heavy atom. The summed E-state index contributed by atoms with van der Waals surface area (Å²) in [5, 5.41) is 10.3. The summed E-state index contributed by atoms with van der Waals surface area (Å²) in [5.41, 5.74) is 1.42. The minimum absolute atomic E-state index is 0.0714. The highest BCUT2D eigenvalue weighted by atomic mass is 32.2. The monoisotopic (exact) mass is 395 g/mol. The fourth-order valence-corrected chi connectivity index (χ4v) is 3.56. The summed E-state index contributed by atoms with van der Waals surface area (Å²) in [6.07, 6.45) is -0.633. The van der Waals surface area contributed by atoms with Gasteiger partial charge in [0.05, 0.1) is 33.2 Å². The molecular formula is C19H25NO6S. The predicted octanol–water partition coefficient (Wildman–Crippen LogP) is 1.91. The first-order chi connectivity index (χ1) is 12.9. The van der Waals surface area contributed by atoms with Gasteiger partial charge >= 0.3 is 0 Å². The van der Waals surface area contributed by atoms with E-state index in [4.69, 9.17) is 14.2 Å². The molecule has 0 aliphatic heterocycles. The average molecular weight is 395 g/mol. The van der Waals surface area contributed by atoms with Gasteiger partial charge in [-0.25, -0.2) is 13.1 Å². The second-order valence-electron chi connectivity index (χ2n) is 5.90. The number of ether oxygens (including phenoxy) is 3. The molecule has 2 rings (SSSR count). The van der Waals surface area contributed by atoms with Gasteiger partial charge in [-0.1, -0.05) is 18.2 Å². The zero-order valence-electron chi connectivity index (χ0n) is 15.6. The van der Waals surface area contributed by atoms with Crippen molar-refractivity contribution in [3.05, 3.63) is 53.6 Å². The zero-order chi connectivity index (χ0) is 19.9. The maximum atomic E-state index is 12.2. The smallest absolute Gasteiger partial charge is 0.212 e. The topological polar surface area (TPSA) is 94.1 Å². The number of aryl methyl sites for hydroxylation is 1. The largest absolute Gasteiger partial charge is 0.497 e. The van der Waals surface area contributed by atoms with Crippen LogP contribution in [0.2, 0.25) is 0 Å². The Morgan fingerprint density at radius 3 is 2.22 bits per heavy atom. The van der Waals surface area contributed by atoms with Crippen LogP contribution in [0, 0.1) is 0 Å². The number of nitrogens with one attached hydrogen (secondary N) is 1. The molecule has 0 amide bonds. The second-order valence-corrected chi connectivity index (χ2v) is 7.82. The lowest BCUT2D eigenvalue weighted by Gasteiger charge is -2.15. The molecule has 8 heteroatoms. The lowest BCUT2D eigenvalue weighted by atomic mass is 10.1. The molecule has 1 unspecified atom stereocenters. The lowest BCUT2D eigenvalue weighted by Crippen LogP contribution is -2.31. The molecule has 1 atom stereocenters. The molecule has 27 heavy (non-hydrogen) atoms. The van der Waals surface area contributed by atoms with Crippen molar-refractivity contribution in [1.29, 1.82) is 0 Å². The molecule has 0 aliphatic carbocycles. The highest BCUT2D eigenvalue weighted by Crippen LogP contribution is 2.29. The van der Waals surface area contributed by atoms with Crippen LogP contribution in [-0.2, 0) is 16.4 Å². The standard InChI is InChI=1S/C19H25NO6S/c1-24-16-7-4-14(5-8-16)10-11-27(22,23)20-13-17(21)15-6-9-18(25-2)19(12-15)26-3/h4-9,12,17,20-21H,10-11,13H2,1-3H3. The number of hydrogen-bond donors (Lipinski definition) is 2. The average Bonchev–Trinajstić information content (AvgIpc) is 2.70. The van der Waals surface area contributed by atoms with Gasteiger partial charge in [-0.3, -0.25) is 0 Å². The van der Waals surface area contributed by atoms with Crippen LogP contribution >= 0.6 is 0 Å². The predicted molar refractivity (Wildman–Crippen MR) is 103 cm³/mol. The van der Waals surface area contributed by atoms with Crippen molar-refractivity contribution >= 4 is 10.0 Å². The number of rotatable bonds is 10. The number of sulfonamides is 1. The summed E-state index contributed by atoms with van der Waals surface area (Å²) in [6.45, 7) is -0.125. The van der Waals surface area contributed by atoms with Crippen LogP contribution in [0.15, 0.2) is 42.5 Å². The van der Waals surface area contributed by atoms with E-state index in [0.29, 0.717) is 23.5 Å². The van der Waals surface area contributed by atoms with E-state index < -0.39 is 16.1 Å². The highest BCUT2D eigenvalue weighted by Gasteiger charge is 2.16. The summed E-state index contributed by atoms with van der Waals surface area (Å²) >= 11 is 0. The summed E-state index contributed by atoms with van der Waals surface area (Å²) in [4.78, 5) is 0. The molecule has 7 nitrogen and oxygen atoms in total. The van der Waals surface area contributed by atoms with E-state index >= 15 is 0 Å². The SMILES string of the molecule is COc1ccc(CCS(=O)(=O)NCC(O)c2ccc(OC)c(OC)c2)cc1. The Hall–Kier alpha value is -2.29. The zero-order valence-corrected chi connectivity index (χ0v) is 16.5. The minimum Gasteiger partial charge on any atom is -0.497 e. The van der Waals surface area contributed by atoms with Crippen LogP contribution in [0.5, 0.6) is 17.2 Å². The van der Waals surface area contributed by atoms with E-state index in [1.165, 1.54) is 14.2 Å².